The smallest absolute Gasteiger partial charge is 0.242 e. The summed E-state index contributed by atoms with van der Waals surface area (Å²) in [5.41, 5.74) is 2.31. The molecular formula is C25H30ClN3O3S. The van der Waals surface area contributed by atoms with Crippen molar-refractivity contribution in [3.8, 4) is 5.75 Å². The molecule has 0 aromatic heterocycles. The predicted octanol–water partition coefficient (Wildman–Crippen LogP) is 6.20. The van der Waals surface area contributed by atoms with Gasteiger partial charge in [-0.25, -0.2) is 4.99 Å². The van der Waals surface area contributed by atoms with Crippen molar-refractivity contribution in [2.45, 2.75) is 51.2 Å². The van der Waals surface area contributed by atoms with Crippen molar-refractivity contribution in [3.63, 3.8) is 0 Å². The molecular weight excluding hydrogens is 458 g/mol. The Bertz CT molecular complexity index is 1010. The second-order valence-corrected chi connectivity index (χ2v) is 9.59. The Morgan fingerprint density at radius 1 is 1.18 bits per heavy atom. The Hall–Kier alpha value is -2.51. The van der Waals surface area contributed by atoms with E-state index in [1.54, 1.807) is 13.1 Å². The lowest BCUT2D eigenvalue weighted by atomic mass is 10.2. The quantitative estimate of drug-likeness (QED) is 0.405. The van der Waals surface area contributed by atoms with Crippen LogP contribution in [0.4, 0.5) is 11.4 Å². The average Bonchev–Trinajstić information content (AvgIpc) is 3.05. The summed E-state index contributed by atoms with van der Waals surface area (Å²) in [5, 5.41) is 3.52. The van der Waals surface area contributed by atoms with E-state index >= 15 is 0 Å². The molecule has 8 heteroatoms. The highest BCUT2D eigenvalue weighted by atomic mass is 35.5. The standard InChI is InChI=1S/C25H30ClN3O3S/c1-4-5-6-7-14-32-20-12-10-18(11-13-20)27-23(30)16-22-24(31)29(3)25(33-22)28-19-9-8-17(2)21(26)15-19/h8-13,15,22H,4-7,14,16H2,1-3H3,(H,27,30)/t22-/m1/s1. The molecule has 1 saturated heterocycles. The van der Waals surface area contributed by atoms with Gasteiger partial charge in [0.15, 0.2) is 5.17 Å². The fraction of sp³-hybridized carbons (Fsp3) is 0.400. The molecule has 1 N–H and O–H groups in total. The van der Waals surface area contributed by atoms with E-state index in [1.165, 1.54) is 35.9 Å². The van der Waals surface area contributed by atoms with Crippen molar-refractivity contribution in [3.05, 3.63) is 53.1 Å². The molecule has 0 radical (unpaired) electrons. The third kappa shape index (κ3) is 7.24. The molecule has 1 aliphatic rings. The van der Waals surface area contributed by atoms with Crippen molar-refractivity contribution in [2.24, 2.45) is 4.99 Å². The number of rotatable bonds is 10. The van der Waals surface area contributed by atoms with E-state index in [-0.39, 0.29) is 18.2 Å². The number of unbranched alkanes of at least 4 members (excludes halogenated alkanes) is 3. The second-order valence-electron chi connectivity index (χ2n) is 8.02. The van der Waals surface area contributed by atoms with Gasteiger partial charge in [-0.2, -0.15) is 0 Å². The summed E-state index contributed by atoms with van der Waals surface area (Å²) in [6.45, 7) is 4.80. The predicted molar refractivity (Wildman–Crippen MR) is 137 cm³/mol. The maximum Gasteiger partial charge on any atom is 0.242 e. The summed E-state index contributed by atoms with van der Waals surface area (Å²) in [4.78, 5) is 31.2. The molecule has 1 fully saturated rings. The number of nitrogens with zero attached hydrogens (tertiary/aromatic N) is 2. The SMILES string of the molecule is CCCCCCOc1ccc(NC(=O)C[C@H]2SC(=Nc3ccc(C)c(Cl)c3)N(C)C2=O)cc1. The Morgan fingerprint density at radius 2 is 1.94 bits per heavy atom. The maximum absolute atomic E-state index is 12.6. The molecule has 1 atom stereocenters. The van der Waals surface area contributed by atoms with E-state index in [1.807, 2.05) is 43.3 Å². The van der Waals surface area contributed by atoms with E-state index in [4.69, 9.17) is 16.3 Å². The van der Waals surface area contributed by atoms with Gasteiger partial charge in [0.25, 0.3) is 0 Å². The van der Waals surface area contributed by atoms with Crippen molar-refractivity contribution in [1.29, 1.82) is 0 Å². The molecule has 6 nitrogen and oxygen atoms in total. The Balaban J connectivity index is 1.52. The summed E-state index contributed by atoms with van der Waals surface area (Å²) in [6.07, 6.45) is 4.70. The minimum atomic E-state index is -0.514. The second kappa shape index (κ2) is 12.1. The summed E-state index contributed by atoms with van der Waals surface area (Å²) in [7, 11) is 1.67. The molecule has 0 spiro atoms. The number of amidine groups is 1. The van der Waals surface area contributed by atoms with E-state index in [0.717, 1.165) is 17.7 Å². The number of amides is 2. The van der Waals surface area contributed by atoms with Crippen LogP contribution in [0.1, 0.15) is 44.6 Å². The monoisotopic (exact) mass is 487 g/mol. The van der Waals surface area contributed by atoms with E-state index in [2.05, 4.69) is 17.2 Å². The van der Waals surface area contributed by atoms with Crippen LogP contribution in [0.5, 0.6) is 5.75 Å². The van der Waals surface area contributed by atoms with Gasteiger partial charge in [0, 0.05) is 24.2 Å². The van der Waals surface area contributed by atoms with Gasteiger partial charge in [-0.15, -0.1) is 0 Å². The molecule has 33 heavy (non-hydrogen) atoms. The highest BCUT2D eigenvalue weighted by Gasteiger charge is 2.37. The molecule has 0 saturated carbocycles. The van der Waals surface area contributed by atoms with Gasteiger partial charge >= 0.3 is 0 Å². The van der Waals surface area contributed by atoms with Gasteiger partial charge in [0.2, 0.25) is 11.8 Å². The first kappa shape index (κ1) is 25.1. The van der Waals surface area contributed by atoms with Crippen LogP contribution in [0.2, 0.25) is 5.02 Å². The lowest BCUT2D eigenvalue weighted by Crippen LogP contribution is -2.30. The number of ether oxygens (including phenoxy) is 1. The minimum absolute atomic E-state index is 0.0667. The lowest BCUT2D eigenvalue weighted by molar-refractivity contribution is -0.127. The number of benzene rings is 2. The van der Waals surface area contributed by atoms with Crippen molar-refractivity contribution in [1.82, 2.24) is 4.90 Å². The number of carbonyl (C=O) groups excluding carboxylic acids is 2. The summed E-state index contributed by atoms with van der Waals surface area (Å²) >= 11 is 7.46. The molecule has 0 aliphatic carbocycles. The van der Waals surface area contributed by atoms with E-state index in [9.17, 15) is 9.59 Å². The van der Waals surface area contributed by atoms with Crippen LogP contribution in [0.3, 0.4) is 0 Å². The number of hydrogen-bond acceptors (Lipinski definition) is 5. The zero-order valence-corrected chi connectivity index (χ0v) is 20.8. The van der Waals surface area contributed by atoms with Gasteiger partial charge in [0.1, 0.15) is 11.0 Å². The molecule has 2 amide bonds. The number of carbonyl (C=O) groups is 2. The van der Waals surface area contributed by atoms with Gasteiger partial charge in [0.05, 0.1) is 12.3 Å². The van der Waals surface area contributed by atoms with Crippen LogP contribution in [0.15, 0.2) is 47.5 Å². The zero-order valence-electron chi connectivity index (χ0n) is 19.3. The van der Waals surface area contributed by atoms with E-state index < -0.39 is 5.25 Å². The first-order valence-electron chi connectivity index (χ1n) is 11.2. The molecule has 0 bridgehead atoms. The first-order valence-corrected chi connectivity index (χ1v) is 12.4. The molecule has 176 valence electrons. The van der Waals surface area contributed by atoms with Gasteiger partial charge in [-0.3, -0.25) is 14.5 Å². The first-order chi connectivity index (χ1) is 15.9. The Labute approximate surface area is 204 Å². The molecule has 1 heterocycles. The van der Waals surface area contributed by atoms with Gasteiger partial charge in [-0.1, -0.05) is 55.6 Å². The van der Waals surface area contributed by atoms with Crippen LogP contribution in [0, 0.1) is 6.92 Å². The zero-order chi connectivity index (χ0) is 23.8. The van der Waals surface area contributed by atoms with Gasteiger partial charge in [-0.05, 0) is 55.3 Å². The number of thioether (sulfide) groups is 1. The summed E-state index contributed by atoms with van der Waals surface area (Å²) in [5.74, 6) is 0.422. The maximum atomic E-state index is 12.6. The largest absolute Gasteiger partial charge is 0.494 e. The molecule has 3 rings (SSSR count). The third-order valence-corrected chi connectivity index (χ3v) is 6.93. The number of hydrogen-bond donors (Lipinski definition) is 1. The van der Waals surface area contributed by atoms with Crippen molar-refractivity contribution >= 4 is 51.7 Å². The Morgan fingerprint density at radius 3 is 2.64 bits per heavy atom. The van der Waals surface area contributed by atoms with Crippen LogP contribution >= 0.6 is 23.4 Å². The summed E-state index contributed by atoms with van der Waals surface area (Å²) < 4.78 is 5.73. The highest BCUT2D eigenvalue weighted by molar-refractivity contribution is 8.15. The summed E-state index contributed by atoms with van der Waals surface area (Å²) in [6, 6.07) is 12.8. The number of halogens is 1. The van der Waals surface area contributed by atoms with Crippen LogP contribution in [0.25, 0.3) is 0 Å². The number of anilines is 1. The number of aliphatic imine (C=N–C) groups is 1. The highest BCUT2D eigenvalue weighted by Crippen LogP contribution is 2.32. The van der Waals surface area contributed by atoms with Crippen LogP contribution in [-0.2, 0) is 9.59 Å². The van der Waals surface area contributed by atoms with Crippen molar-refractivity contribution in [2.75, 3.05) is 19.0 Å². The van der Waals surface area contributed by atoms with Crippen LogP contribution < -0.4 is 10.1 Å². The normalized spacial score (nSPS) is 17.0. The lowest BCUT2D eigenvalue weighted by Gasteiger charge is -2.10. The molecule has 2 aromatic carbocycles. The fourth-order valence-corrected chi connectivity index (χ4v) is 4.62. The van der Waals surface area contributed by atoms with Crippen molar-refractivity contribution < 1.29 is 14.3 Å². The van der Waals surface area contributed by atoms with Gasteiger partial charge < -0.3 is 10.1 Å². The molecule has 0 unspecified atom stereocenters. The third-order valence-electron chi connectivity index (χ3n) is 5.30. The molecule has 2 aromatic rings. The minimum Gasteiger partial charge on any atom is -0.494 e. The Kier molecular flexibility index (Phi) is 9.21. The molecule has 1 aliphatic heterocycles. The van der Waals surface area contributed by atoms with Crippen LogP contribution in [-0.4, -0.2) is 40.8 Å². The fourth-order valence-electron chi connectivity index (χ4n) is 3.29. The van der Waals surface area contributed by atoms with E-state index in [0.29, 0.717) is 28.2 Å². The topological polar surface area (TPSA) is 71.0 Å². The number of nitrogens with one attached hydrogen (secondary N) is 1. The average molecular weight is 488 g/mol. The number of aryl methyl sites for hydroxylation is 1.